The number of pyridine rings is 1. The minimum Gasteiger partial charge on any atom is -0.293 e. The molecule has 60 valence electrons. The Hall–Kier alpha value is -1.16. The van der Waals surface area contributed by atoms with Gasteiger partial charge >= 0.3 is 0 Å². The summed E-state index contributed by atoms with van der Waals surface area (Å²) in [5.74, 6) is -0.0284. The number of hydrogen-bond acceptors (Lipinski definition) is 3. The molecule has 0 aliphatic rings. The average Bonchev–Trinajstić information content (AvgIpc) is 2.04. The second-order valence-corrected chi connectivity index (χ2v) is 2.09. The molecular weight excluding hydrogens is 145 g/mol. The maximum Gasteiger partial charge on any atom is 0.178 e. The molecule has 4 heteroatoms. The number of halogens is 1. The van der Waals surface area contributed by atoms with Crippen molar-refractivity contribution in [2.24, 2.45) is 0 Å². The fourth-order valence-electron chi connectivity index (χ4n) is 0.730. The van der Waals surface area contributed by atoms with Crippen molar-refractivity contribution in [1.82, 2.24) is 10.4 Å². The van der Waals surface area contributed by atoms with E-state index in [2.05, 4.69) is 10.4 Å². The van der Waals surface area contributed by atoms with Gasteiger partial charge < -0.3 is 0 Å². The zero-order valence-electron chi connectivity index (χ0n) is 6.50. The summed E-state index contributed by atoms with van der Waals surface area (Å²) in [5.41, 5.74) is 2.75. The first kappa shape index (κ1) is 7.94. The monoisotopic (exact) mass is 155 g/mol. The molecule has 0 saturated carbocycles. The van der Waals surface area contributed by atoms with Crippen molar-refractivity contribution in [1.29, 1.82) is 0 Å². The first-order valence-corrected chi connectivity index (χ1v) is 3.27. The van der Waals surface area contributed by atoms with Crippen LogP contribution in [0.2, 0.25) is 0 Å². The van der Waals surface area contributed by atoms with Crippen molar-refractivity contribution in [3.8, 4) is 0 Å². The molecule has 0 spiro atoms. The van der Waals surface area contributed by atoms with Gasteiger partial charge in [-0.25, -0.2) is 14.8 Å². The lowest BCUT2D eigenvalue weighted by molar-refractivity contribution is 0.606. The molecule has 0 saturated heterocycles. The van der Waals surface area contributed by atoms with E-state index in [0.29, 0.717) is 5.82 Å². The molecule has 11 heavy (non-hydrogen) atoms. The molecule has 0 fully saturated rings. The molecule has 0 bridgehead atoms. The van der Waals surface area contributed by atoms with Crippen LogP contribution in [0.3, 0.4) is 0 Å². The van der Waals surface area contributed by atoms with Crippen LogP contribution in [0, 0.1) is 5.82 Å². The van der Waals surface area contributed by atoms with Gasteiger partial charge in [0.25, 0.3) is 0 Å². The van der Waals surface area contributed by atoms with Gasteiger partial charge in [-0.3, -0.25) is 5.01 Å². The van der Waals surface area contributed by atoms with Gasteiger partial charge in [0.1, 0.15) is 0 Å². The van der Waals surface area contributed by atoms with Gasteiger partial charge in [-0.2, -0.15) is 0 Å². The summed E-state index contributed by atoms with van der Waals surface area (Å²) in [6, 6.07) is 2.93. The van der Waals surface area contributed by atoms with E-state index in [1.54, 1.807) is 26.4 Å². The quantitative estimate of drug-likeness (QED) is 0.640. The lowest BCUT2D eigenvalue weighted by Gasteiger charge is -2.15. The van der Waals surface area contributed by atoms with Crippen LogP contribution >= 0.6 is 0 Å². The predicted octanol–water partition coefficient (Wildman–Crippen LogP) is 0.791. The molecule has 1 aromatic heterocycles. The molecule has 1 N–H and O–H groups in total. The van der Waals surface area contributed by atoms with Crippen molar-refractivity contribution in [3.05, 3.63) is 24.1 Å². The Morgan fingerprint density at radius 1 is 1.64 bits per heavy atom. The van der Waals surface area contributed by atoms with E-state index in [4.69, 9.17) is 0 Å². The smallest absolute Gasteiger partial charge is 0.178 e. The summed E-state index contributed by atoms with van der Waals surface area (Å²) >= 11 is 0. The first-order valence-electron chi connectivity index (χ1n) is 3.27. The summed E-state index contributed by atoms with van der Waals surface area (Å²) < 4.78 is 12.9. The van der Waals surface area contributed by atoms with Crippen LogP contribution < -0.4 is 10.4 Å². The predicted molar refractivity (Wildman–Crippen MR) is 41.7 cm³/mol. The highest BCUT2D eigenvalue weighted by Gasteiger charge is 2.04. The molecule has 1 heterocycles. The lowest BCUT2D eigenvalue weighted by atomic mass is 10.4. The third-order valence-corrected chi connectivity index (χ3v) is 1.39. The fraction of sp³-hybridized carbons (Fsp3) is 0.286. The number of rotatable bonds is 2. The molecule has 0 radical (unpaired) electrons. The van der Waals surface area contributed by atoms with Crippen molar-refractivity contribution in [2.45, 2.75) is 0 Å². The van der Waals surface area contributed by atoms with E-state index in [1.807, 2.05) is 0 Å². The van der Waals surface area contributed by atoms with Crippen LogP contribution in [0.15, 0.2) is 18.3 Å². The van der Waals surface area contributed by atoms with Crippen molar-refractivity contribution < 1.29 is 4.39 Å². The summed E-state index contributed by atoms with van der Waals surface area (Å²) in [7, 11) is 3.40. The lowest BCUT2D eigenvalue weighted by Crippen LogP contribution is -2.31. The number of nitrogens with zero attached hydrogens (tertiary/aromatic N) is 2. The van der Waals surface area contributed by atoms with Crippen LogP contribution in [0.25, 0.3) is 0 Å². The van der Waals surface area contributed by atoms with E-state index < -0.39 is 0 Å². The summed E-state index contributed by atoms with van der Waals surface area (Å²) in [6.45, 7) is 0. The van der Waals surface area contributed by atoms with Crippen LogP contribution in [0.1, 0.15) is 0 Å². The molecule has 1 aromatic rings. The SMILES string of the molecule is CNN(C)c1ncccc1F. The second-order valence-electron chi connectivity index (χ2n) is 2.09. The Balaban J connectivity index is 2.93. The van der Waals surface area contributed by atoms with E-state index in [0.717, 1.165) is 0 Å². The molecule has 3 nitrogen and oxygen atoms in total. The van der Waals surface area contributed by atoms with Crippen LogP contribution in [0.4, 0.5) is 10.2 Å². The zero-order valence-corrected chi connectivity index (χ0v) is 6.50. The summed E-state index contributed by atoms with van der Waals surface area (Å²) in [5, 5.41) is 1.51. The van der Waals surface area contributed by atoms with Gasteiger partial charge in [0, 0.05) is 20.3 Å². The highest BCUT2D eigenvalue weighted by molar-refractivity contribution is 5.36. The number of nitrogens with one attached hydrogen (secondary N) is 1. The van der Waals surface area contributed by atoms with E-state index >= 15 is 0 Å². The number of hydrazine groups is 1. The molecule has 0 amide bonds. The normalized spacial score (nSPS) is 9.73. The zero-order chi connectivity index (χ0) is 8.27. The topological polar surface area (TPSA) is 28.2 Å². The maximum atomic E-state index is 12.9. The molecule has 0 aliphatic carbocycles. The number of anilines is 1. The Labute approximate surface area is 64.8 Å². The molecule has 0 aliphatic heterocycles. The van der Waals surface area contributed by atoms with E-state index in [1.165, 1.54) is 11.1 Å². The minimum atomic E-state index is -0.329. The van der Waals surface area contributed by atoms with E-state index in [-0.39, 0.29) is 5.82 Å². The van der Waals surface area contributed by atoms with Crippen LogP contribution in [-0.4, -0.2) is 19.1 Å². The van der Waals surface area contributed by atoms with Crippen LogP contribution in [-0.2, 0) is 0 Å². The Kier molecular flexibility index (Phi) is 2.38. The third-order valence-electron chi connectivity index (χ3n) is 1.39. The molecule has 0 unspecified atom stereocenters. The largest absolute Gasteiger partial charge is 0.293 e. The van der Waals surface area contributed by atoms with Gasteiger partial charge in [0.05, 0.1) is 0 Å². The Bertz CT molecular complexity index is 239. The van der Waals surface area contributed by atoms with Gasteiger partial charge in [-0.15, -0.1) is 0 Å². The molecule has 0 atom stereocenters. The van der Waals surface area contributed by atoms with Crippen molar-refractivity contribution >= 4 is 5.82 Å². The number of aromatic nitrogens is 1. The van der Waals surface area contributed by atoms with E-state index in [9.17, 15) is 4.39 Å². The molecule has 0 aromatic carbocycles. The van der Waals surface area contributed by atoms with Gasteiger partial charge in [0.2, 0.25) is 0 Å². The molecular formula is C7H10FN3. The highest BCUT2D eigenvalue weighted by Crippen LogP contribution is 2.10. The molecule has 1 rings (SSSR count). The standard InChI is InChI=1S/C7H10FN3/c1-9-11(2)7-6(8)4-3-5-10-7/h3-5,9H,1-2H3. The Morgan fingerprint density at radius 2 is 2.36 bits per heavy atom. The van der Waals surface area contributed by atoms with Crippen molar-refractivity contribution in [2.75, 3.05) is 19.1 Å². The third kappa shape index (κ3) is 1.65. The van der Waals surface area contributed by atoms with Gasteiger partial charge in [-0.05, 0) is 12.1 Å². The maximum absolute atomic E-state index is 12.9. The Morgan fingerprint density at radius 3 is 2.91 bits per heavy atom. The van der Waals surface area contributed by atoms with Gasteiger partial charge in [0.15, 0.2) is 11.6 Å². The minimum absolute atomic E-state index is 0.301. The van der Waals surface area contributed by atoms with Crippen molar-refractivity contribution in [3.63, 3.8) is 0 Å². The van der Waals surface area contributed by atoms with Gasteiger partial charge in [-0.1, -0.05) is 0 Å². The fourth-order valence-corrected chi connectivity index (χ4v) is 0.730. The first-order chi connectivity index (χ1) is 5.25. The average molecular weight is 155 g/mol. The summed E-state index contributed by atoms with van der Waals surface area (Å²) in [4.78, 5) is 3.84. The van der Waals surface area contributed by atoms with Crippen LogP contribution in [0.5, 0.6) is 0 Å². The number of hydrogen-bond donors (Lipinski definition) is 1. The highest BCUT2D eigenvalue weighted by atomic mass is 19.1. The second kappa shape index (κ2) is 3.30. The summed E-state index contributed by atoms with van der Waals surface area (Å²) in [6.07, 6.45) is 1.55.